The Hall–Kier alpha value is -1.91. The van der Waals surface area contributed by atoms with Crippen molar-refractivity contribution in [3.63, 3.8) is 0 Å². The number of hydrogen-bond acceptors (Lipinski definition) is 3. The zero-order valence-corrected chi connectivity index (χ0v) is 15.2. The highest BCUT2D eigenvalue weighted by Crippen LogP contribution is 2.26. The van der Waals surface area contributed by atoms with Crippen LogP contribution in [0.4, 0.5) is 0 Å². The van der Waals surface area contributed by atoms with E-state index in [1.807, 2.05) is 86.7 Å². The van der Waals surface area contributed by atoms with Crippen LogP contribution in [0.2, 0.25) is 0 Å². The zero-order valence-electron chi connectivity index (χ0n) is 14.4. The van der Waals surface area contributed by atoms with Crippen molar-refractivity contribution in [2.75, 3.05) is 7.05 Å². The van der Waals surface area contributed by atoms with E-state index >= 15 is 0 Å². The van der Waals surface area contributed by atoms with E-state index in [0.29, 0.717) is 4.90 Å². The van der Waals surface area contributed by atoms with Crippen LogP contribution >= 0.6 is 0 Å². The van der Waals surface area contributed by atoms with E-state index in [4.69, 9.17) is 0 Å². The standard InChI is InChI=1S/C20H25NO2S/c1-16(2)20(22)19(15-14-17-10-6-4-7-11-17)24(23,21-3)18-12-8-5-9-13-18/h4-16,19-20,22H,1-3H3/b15-14+/t19-,20-,24+/m1/s1. The summed E-state index contributed by atoms with van der Waals surface area (Å²) in [5.41, 5.74) is 1.00. The zero-order chi connectivity index (χ0) is 17.6. The predicted molar refractivity (Wildman–Crippen MR) is 101 cm³/mol. The minimum atomic E-state index is -2.77. The predicted octanol–water partition coefficient (Wildman–Crippen LogP) is 4.24. The van der Waals surface area contributed by atoms with E-state index in [0.717, 1.165) is 5.56 Å². The van der Waals surface area contributed by atoms with Gasteiger partial charge in [-0.3, -0.25) is 0 Å². The molecular formula is C20H25NO2S. The maximum atomic E-state index is 13.6. The third kappa shape index (κ3) is 4.13. The van der Waals surface area contributed by atoms with Crippen LogP contribution in [0.5, 0.6) is 0 Å². The summed E-state index contributed by atoms with van der Waals surface area (Å²) < 4.78 is 17.9. The van der Waals surface area contributed by atoms with Crippen LogP contribution in [-0.2, 0) is 9.73 Å². The first-order valence-electron chi connectivity index (χ1n) is 8.09. The molecule has 24 heavy (non-hydrogen) atoms. The SMILES string of the molecule is CN=[S@](=O)(c1ccccc1)[C@H](/C=C/c1ccccc1)[C@H](O)C(C)C. The summed E-state index contributed by atoms with van der Waals surface area (Å²) in [5.74, 6) is -0.0262. The van der Waals surface area contributed by atoms with E-state index in [1.54, 1.807) is 7.05 Å². The summed E-state index contributed by atoms with van der Waals surface area (Å²) in [6, 6.07) is 19.0. The van der Waals surface area contributed by atoms with Crippen LogP contribution in [0.1, 0.15) is 19.4 Å². The molecule has 2 aromatic rings. The number of benzene rings is 2. The number of rotatable bonds is 6. The minimum absolute atomic E-state index is 0.0262. The van der Waals surface area contributed by atoms with Gasteiger partial charge in [0.2, 0.25) is 0 Å². The highest BCUT2D eigenvalue weighted by atomic mass is 32.2. The summed E-state index contributed by atoms with van der Waals surface area (Å²) in [6.07, 6.45) is 2.99. The van der Waals surface area contributed by atoms with Crippen LogP contribution in [0.15, 0.2) is 76.0 Å². The lowest BCUT2D eigenvalue weighted by molar-refractivity contribution is 0.132. The Morgan fingerprint density at radius 2 is 1.54 bits per heavy atom. The molecule has 0 fully saturated rings. The molecule has 128 valence electrons. The maximum Gasteiger partial charge on any atom is 0.0919 e. The molecule has 4 heteroatoms. The van der Waals surface area contributed by atoms with Gasteiger partial charge in [-0.2, -0.15) is 0 Å². The molecule has 0 heterocycles. The van der Waals surface area contributed by atoms with Crippen LogP contribution in [0, 0.1) is 5.92 Å². The second-order valence-corrected chi connectivity index (χ2v) is 8.55. The van der Waals surface area contributed by atoms with Gasteiger partial charge in [-0.1, -0.05) is 74.5 Å². The fourth-order valence-corrected chi connectivity index (χ4v) is 4.86. The minimum Gasteiger partial charge on any atom is -0.391 e. The third-order valence-electron chi connectivity index (χ3n) is 4.02. The smallest absolute Gasteiger partial charge is 0.0919 e. The Bertz CT molecular complexity index is 776. The first kappa shape index (κ1) is 18.4. The van der Waals surface area contributed by atoms with Crippen LogP contribution < -0.4 is 0 Å². The molecule has 0 unspecified atom stereocenters. The number of aliphatic hydroxyl groups excluding tert-OH is 1. The first-order chi connectivity index (χ1) is 11.5. The molecule has 0 aliphatic rings. The third-order valence-corrected chi connectivity index (χ3v) is 6.68. The molecule has 0 saturated carbocycles. The van der Waals surface area contributed by atoms with Crippen molar-refractivity contribution in [1.29, 1.82) is 0 Å². The van der Waals surface area contributed by atoms with Crippen LogP contribution in [0.25, 0.3) is 6.08 Å². The molecule has 3 atom stereocenters. The highest BCUT2D eigenvalue weighted by Gasteiger charge is 2.31. The van der Waals surface area contributed by atoms with Crippen LogP contribution in [0.3, 0.4) is 0 Å². The van der Waals surface area contributed by atoms with Gasteiger partial charge in [-0.05, 0) is 23.6 Å². The van der Waals surface area contributed by atoms with Crippen molar-refractivity contribution in [3.8, 4) is 0 Å². The summed E-state index contributed by atoms with van der Waals surface area (Å²) in [5, 5.41) is 10.1. The van der Waals surface area contributed by atoms with E-state index < -0.39 is 21.1 Å². The average molecular weight is 343 g/mol. The second-order valence-electron chi connectivity index (χ2n) is 6.03. The van der Waals surface area contributed by atoms with Gasteiger partial charge in [-0.15, -0.1) is 0 Å². The largest absolute Gasteiger partial charge is 0.391 e. The van der Waals surface area contributed by atoms with Crippen molar-refractivity contribution < 1.29 is 9.32 Å². The van der Waals surface area contributed by atoms with E-state index in [-0.39, 0.29) is 5.92 Å². The van der Waals surface area contributed by atoms with Crippen molar-refractivity contribution in [1.82, 2.24) is 0 Å². The Kier molecular flexibility index (Phi) is 6.35. The lowest BCUT2D eigenvalue weighted by Crippen LogP contribution is -2.36. The molecule has 0 aliphatic heterocycles. The molecule has 1 N–H and O–H groups in total. The Morgan fingerprint density at radius 3 is 2.04 bits per heavy atom. The summed E-state index contributed by atoms with van der Waals surface area (Å²) >= 11 is 0. The number of hydrogen-bond donors (Lipinski definition) is 1. The molecule has 0 spiro atoms. The fraction of sp³-hybridized carbons (Fsp3) is 0.300. The van der Waals surface area contributed by atoms with Crippen molar-refractivity contribution >= 4 is 15.8 Å². The molecule has 3 nitrogen and oxygen atoms in total. The van der Waals surface area contributed by atoms with Gasteiger partial charge in [0, 0.05) is 11.9 Å². The molecule has 0 saturated heterocycles. The molecule has 0 bridgehead atoms. The Labute approximate surface area is 145 Å². The van der Waals surface area contributed by atoms with Gasteiger partial charge in [-0.25, -0.2) is 8.57 Å². The van der Waals surface area contributed by atoms with Crippen molar-refractivity contribution in [2.45, 2.75) is 30.1 Å². The monoisotopic (exact) mass is 343 g/mol. The lowest BCUT2D eigenvalue weighted by Gasteiger charge is -2.26. The molecule has 0 amide bonds. The second kappa shape index (κ2) is 8.27. The Balaban J connectivity index is 2.50. The Morgan fingerprint density at radius 1 is 1.00 bits per heavy atom. The summed E-state index contributed by atoms with van der Waals surface area (Å²) in [4.78, 5) is 0.648. The molecule has 2 rings (SSSR count). The fourth-order valence-electron chi connectivity index (χ4n) is 2.56. The highest BCUT2D eigenvalue weighted by molar-refractivity contribution is 7.94. The molecule has 0 radical (unpaired) electrons. The lowest BCUT2D eigenvalue weighted by atomic mass is 10.0. The summed E-state index contributed by atoms with van der Waals surface area (Å²) in [6.45, 7) is 3.85. The van der Waals surface area contributed by atoms with Gasteiger partial charge in [0.1, 0.15) is 0 Å². The number of nitrogens with zero attached hydrogens (tertiary/aromatic N) is 1. The molecule has 0 aliphatic carbocycles. The molecule has 0 aromatic heterocycles. The van der Waals surface area contributed by atoms with Gasteiger partial charge >= 0.3 is 0 Å². The van der Waals surface area contributed by atoms with E-state index in [9.17, 15) is 9.32 Å². The normalized spacial score (nSPS) is 16.7. The topological polar surface area (TPSA) is 49.7 Å². The van der Waals surface area contributed by atoms with Crippen molar-refractivity contribution in [2.24, 2.45) is 10.3 Å². The van der Waals surface area contributed by atoms with Gasteiger partial charge < -0.3 is 5.11 Å². The molecular weight excluding hydrogens is 318 g/mol. The number of aliphatic hydroxyl groups is 1. The first-order valence-corrected chi connectivity index (χ1v) is 9.67. The molecule has 2 aromatic carbocycles. The van der Waals surface area contributed by atoms with Gasteiger partial charge in [0.05, 0.1) is 21.1 Å². The maximum absolute atomic E-state index is 13.6. The van der Waals surface area contributed by atoms with Crippen molar-refractivity contribution in [3.05, 3.63) is 72.3 Å². The van der Waals surface area contributed by atoms with Gasteiger partial charge in [0.25, 0.3) is 0 Å². The van der Waals surface area contributed by atoms with Gasteiger partial charge in [0.15, 0.2) is 0 Å². The van der Waals surface area contributed by atoms with E-state index in [1.165, 1.54) is 0 Å². The summed E-state index contributed by atoms with van der Waals surface area (Å²) in [7, 11) is -1.21. The quantitative estimate of drug-likeness (QED) is 0.853. The van der Waals surface area contributed by atoms with Crippen LogP contribution in [-0.4, -0.2) is 27.7 Å². The average Bonchev–Trinajstić information content (AvgIpc) is 2.62. The van der Waals surface area contributed by atoms with E-state index in [2.05, 4.69) is 4.36 Å².